The van der Waals surface area contributed by atoms with Gasteiger partial charge in [-0.2, -0.15) is 0 Å². The van der Waals surface area contributed by atoms with Crippen LogP contribution in [0.15, 0.2) is 40.3 Å². The third kappa shape index (κ3) is 4.63. The van der Waals surface area contributed by atoms with Crippen molar-refractivity contribution in [1.29, 1.82) is 0 Å². The summed E-state index contributed by atoms with van der Waals surface area (Å²) in [5.41, 5.74) is 0. The molecular weight excluding hydrogens is 282 g/mol. The molecule has 0 radical (unpaired) electrons. The van der Waals surface area contributed by atoms with Crippen molar-refractivity contribution in [3.63, 3.8) is 0 Å². The van der Waals surface area contributed by atoms with E-state index in [4.69, 9.17) is 4.74 Å². The second-order valence-corrected chi connectivity index (χ2v) is 5.66. The Morgan fingerprint density at radius 3 is 2.52 bits per heavy atom. The van der Waals surface area contributed by atoms with Gasteiger partial charge in [0, 0.05) is 23.9 Å². The number of rotatable bonds is 7. The van der Waals surface area contributed by atoms with Gasteiger partial charge >= 0.3 is 0 Å². The lowest BCUT2D eigenvalue weighted by molar-refractivity contribution is 0.414. The van der Waals surface area contributed by atoms with E-state index in [9.17, 15) is 0 Å². The molecule has 1 aromatic heterocycles. The van der Waals surface area contributed by atoms with Gasteiger partial charge in [-0.15, -0.1) is 0 Å². The van der Waals surface area contributed by atoms with E-state index in [-0.39, 0.29) is 0 Å². The lowest BCUT2D eigenvalue weighted by Gasteiger charge is -2.09. The molecule has 1 heterocycles. The zero-order chi connectivity index (χ0) is 15.1. The molecule has 0 fully saturated rings. The van der Waals surface area contributed by atoms with Crippen molar-refractivity contribution in [2.24, 2.45) is 0 Å². The summed E-state index contributed by atoms with van der Waals surface area (Å²) in [6, 6.07) is 10.00. The number of nitrogens with one attached hydrogen (secondary N) is 1. The first kappa shape index (κ1) is 15.6. The SMILES string of the molecule is CCCNc1cc(Sc2ccc(OC)cc2)nc(CC)n1. The fourth-order valence-corrected chi connectivity index (χ4v) is 2.63. The first-order valence-corrected chi connectivity index (χ1v) is 8.00. The van der Waals surface area contributed by atoms with Crippen LogP contribution in [-0.2, 0) is 6.42 Å². The van der Waals surface area contributed by atoms with E-state index in [1.807, 2.05) is 30.3 Å². The monoisotopic (exact) mass is 303 g/mol. The summed E-state index contributed by atoms with van der Waals surface area (Å²) in [5.74, 6) is 2.63. The molecule has 0 aliphatic rings. The normalized spacial score (nSPS) is 10.4. The van der Waals surface area contributed by atoms with Crippen molar-refractivity contribution in [2.45, 2.75) is 36.6 Å². The number of benzene rings is 1. The van der Waals surface area contributed by atoms with E-state index < -0.39 is 0 Å². The van der Waals surface area contributed by atoms with Crippen LogP contribution in [0.1, 0.15) is 26.1 Å². The maximum absolute atomic E-state index is 5.17. The number of aryl methyl sites for hydroxylation is 1. The molecule has 0 aliphatic carbocycles. The zero-order valence-electron chi connectivity index (χ0n) is 12.7. The van der Waals surface area contributed by atoms with Crippen molar-refractivity contribution >= 4 is 17.6 Å². The number of hydrogen-bond donors (Lipinski definition) is 1. The van der Waals surface area contributed by atoms with Gasteiger partial charge in [0.15, 0.2) is 0 Å². The molecule has 0 atom stereocenters. The summed E-state index contributed by atoms with van der Waals surface area (Å²) in [4.78, 5) is 10.2. The maximum atomic E-state index is 5.17. The minimum atomic E-state index is 0.831. The average Bonchev–Trinajstić information content (AvgIpc) is 2.53. The van der Waals surface area contributed by atoms with Crippen LogP contribution in [-0.4, -0.2) is 23.6 Å². The topological polar surface area (TPSA) is 47.0 Å². The quantitative estimate of drug-likeness (QED) is 0.783. The van der Waals surface area contributed by atoms with E-state index in [0.717, 1.165) is 46.7 Å². The summed E-state index contributed by atoms with van der Waals surface area (Å²) < 4.78 is 5.17. The van der Waals surface area contributed by atoms with E-state index in [1.54, 1.807) is 18.9 Å². The predicted octanol–water partition coefficient (Wildman–Crippen LogP) is 4.02. The molecule has 112 valence electrons. The van der Waals surface area contributed by atoms with E-state index >= 15 is 0 Å². The van der Waals surface area contributed by atoms with Crippen molar-refractivity contribution in [2.75, 3.05) is 19.0 Å². The molecule has 21 heavy (non-hydrogen) atoms. The van der Waals surface area contributed by atoms with Crippen LogP contribution < -0.4 is 10.1 Å². The van der Waals surface area contributed by atoms with Gasteiger partial charge in [0.2, 0.25) is 0 Å². The smallest absolute Gasteiger partial charge is 0.131 e. The van der Waals surface area contributed by atoms with Gasteiger partial charge in [-0.05, 0) is 30.7 Å². The maximum Gasteiger partial charge on any atom is 0.131 e. The van der Waals surface area contributed by atoms with Crippen LogP contribution in [0.4, 0.5) is 5.82 Å². The minimum Gasteiger partial charge on any atom is -0.497 e. The molecule has 0 amide bonds. The molecule has 2 aromatic rings. The molecule has 1 N–H and O–H groups in total. The molecular formula is C16H21N3OS. The van der Waals surface area contributed by atoms with Crippen molar-refractivity contribution < 1.29 is 4.74 Å². The number of aromatic nitrogens is 2. The summed E-state index contributed by atoms with van der Waals surface area (Å²) in [5, 5.41) is 4.29. The minimum absolute atomic E-state index is 0.831. The van der Waals surface area contributed by atoms with Gasteiger partial charge in [-0.1, -0.05) is 25.6 Å². The van der Waals surface area contributed by atoms with Crippen LogP contribution in [0.3, 0.4) is 0 Å². The van der Waals surface area contributed by atoms with Crippen LogP contribution in [0.2, 0.25) is 0 Å². The van der Waals surface area contributed by atoms with Crippen LogP contribution in [0.25, 0.3) is 0 Å². The molecule has 2 rings (SSSR count). The predicted molar refractivity (Wildman–Crippen MR) is 87.3 cm³/mol. The number of nitrogens with zero attached hydrogens (tertiary/aromatic N) is 2. The number of hydrogen-bond acceptors (Lipinski definition) is 5. The lowest BCUT2D eigenvalue weighted by Crippen LogP contribution is -2.05. The largest absolute Gasteiger partial charge is 0.497 e. The van der Waals surface area contributed by atoms with E-state index in [1.165, 1.54) is 0 Å². The van der Waals surface area contributed by atoms with Crippen LogP contribution in [0.5, 0.6) is 5.75 Å². The molecule has 4 nitrogen and oxygen atoms in total. The Morgan fingerprint density at radius 2 is 1.90 bits per heavy atom. The van der Waals surface area contributed by atoms with Gasteiger partial charge in [0.25, 0.3) is 0 Å². The Balaban J connectivity index is 2.16. The van der Waals surface area contributed by atoms with Crippen molar-refractivity contribution in [3.8, 4) is 5.75 Å². The first-order valence-electron chi connectivity index (χ1n) is 7.19. The Bertz CT molecular complexity index is 572. The zero-order valence-corrected chi connectivity index (χ0v) is 13.5. The van der Waals surface area contributed by atoms with Gasteiger partial charge in [0.1, 0.15) is 22.4 Å². The van der Waals surface area contributed by atoms with Crippen molar-refractivity contribution in [1.82, 2.24) is 9.97 Å². The highest BCUT2D eigenvalue weighted by Crippen LogP contribution is 2.29. The number of anilines is 1. The van der Waals surface area contributed by atoms with Gasteiger partial charge < -0.3 is 10.1 Å². The van der Waals surface area contributed by atoms with Crippen LogP contribution >= 0.6 is 11.8 Å². The molecule has 5 heteroatoms. The fourth-order valence-electron chi connectivity index (χ4n) is 1.79. The number of ether oxygens (including phenoxy) is 1. The Hall–Kier alpha value is -1.75. The molecule has 0 unspecified atom stereocenters. The molecule has 0 spiro atoms. The highest BCUT2D eigenvalue weighted by atomic mass is 32.2. The average molecular weight is 303 g/mol. The summed E-state index contributed by atoms with van der Waals surface area (Å²) in [7, 11) is 1.67. The van der Waals surface area contributed by atoms with Crippen molar-refractivity contribution in [3.05, 3.63) is 36.2 Å². The lowest BCUT2D eigenvalue weighted by atomic mass is 10.3. The molecule has 0 saturated carbocycles. The van der Waals surface area contributed by atoms with Gasteiger partial charge in [-0.3, -0.25) is 0 Å². The summed E-state index contributed by atoms with van der Waals surface area (Å²) in [6.07, 6.45) is 1.91. The van der Waals surface area contributed by atoms with Crippen LogP contribution in [0, 0.1) is 0 Å². The Kier molecular flexibility index (Phi) is 5.87. The summed E-state index contributed by atoms with van der Waals surface area (Å²) in [6.45, 7) is 5.13. The molecule has 1 aromatic carbocycles. The number of methoxy groups -OCH3 is 1. The second kappa shape index (κ2) is 7.88. The highest BCUT2D eigenvalue weighted by Gasteiger charge is 2.05. The van der Waals surface area contributed by atoms with E-state index in [0.29, 0.717) is 0 Å². The molecule has 0 aliphatic heterocycles. The third-order valence-corrected chi connectivity index (χ3v) is 3.83. The Morgan fingerprint density at radius 1 is 1.14 bits per heavy atom. The second-order valence-electron chi connectivity index (χ2n) is 4.57. The van der Waals surface area contributed by atoms with Gasteiger partial charge in [-0.25, -0.2) is 9.97 Å². The summed E-state index contributed by atoms with van der Waals surface area (Å²) >= 11 is 1.64. The third-order valence-electron chi connectivity index (χ3n) is 2.90. The Labute approximate surface area is 130 Å². The fraction of sp³-hybridized carbons (Fsp3) is 0.375. The van der Waals surface area contributed by atoms with E-state index in [2.05, 4.69) is 29.1 Å². The standard InChI is InChI=1S/C16H21N3OS/c1-4-10-17-15-11-16(19-14(5-2)18-15)21-13-8-6-12(20-3)7-9-13/h6-9,11H,4-5,10H2,1-3H3,(H,17,18,19). The van der Waals surface area contributed by atoms with Gasteiger partial charge in [0.05, 0.1) is 7.11 Å². The highest BCUT2D eigenvalue weighted by molar-refractivity contribution is 7.99. The first-order chi connectivity index (χ1) is 10.2. The molecule has 0 saturated heterocycles. The molecule has 0 bridgehead atoms.